The highest BCUT2D eigenvalue weighted by Gasteiger charge is 2.28. The summed E-state index contributed by atoms with van der Waals surface area (Å²) in [5, 5.41) is 0. The molecular weight excluding hydrogens is 438 g/mol. The van der Waals surface area contributed by atoms with Crippen molar-refractivity contribution in [2.45, 2.75) is 19.8 Å². The van der Waals surface area contributed by atoms with E-state index in [2.05, 4.69) is 128 Å². The number of rotatable bonds is 8. The second-order valence-electron chi connectivity index (χ2n) is 9.38. The molecule has 3 nitrogen and oxygen atoms in total. The van der Waals surface area contributed by atoms with Gasteiger partial charge >= 0.3 is 0 Å². The standard InChI is InChI=1S/C33H36N3/c1-6-8-13-31-33-28(21-23-36(31)5)17-16-27(7-2)32(33)30-24-26(20-22-34-30)12-10-9-11-25-14-18-29(19-15-25)35(3)4/h6,8-20,22,24H,1,7,21,23H2,2-5H3/q+1/p+1/b11-9+,12-10+,13-8-. The lowest BCUT2D eigenvalue weighted by Gasteiger charge is -2.19. The zero-order chi connectivity index (χ0) is 25.5. The number of hydrogen-bond donors (Lipinski definition) is 0. The molecule has 0 saturated heterocycles. The van der Waals surface area contributed by atoms with Gasteiger partial charge in [0, 0.05) is 44.4 Å². The van der Waals surface area contributed by atoms with Crippen LogP contribution in [0.1, 0.15) is 34.7 Å². The number of aromatic nitrogens is 1. The van der Waals surface area contributed by atoms with Crippen molar-refractivity contribution in [2.75, 3.05) is 32.6 Å². The first kappa shape index (κ1) is 25.1. The summed E-state index contributed by atoms with van der Waals surface area (Å²) in [5.74, 6) is 0. The van der Waals surface area contributed by atoms with Crippen LogP contribution in [0.5, 0.6) is 0 Å². The van der Waals surface area contributed by atoms with E-state index in [1.807, 2.05) is 18.3 Å². The van der Waals surface area contributed by atoms with Gasteiger partial charge in [-0.2, -0.15) is 0 Å². The Balaban J connectivity index is 1.67. The molecule has 2 aromatic carbocycles. The summed E-state index contributed by atoms with van der Waals surface area (Å²) in [4.78, 5) is 5.65. The van der Waals surface area contributed by atoms with Gasteiger partial charge in [0.2, 0.25) is 11.4 Å². The van der Waals surface area contributed by atoms with Crippen molar-refractivity contribution in [3.63, 3.8) is 0 Å². The topological polar surface area (TPSA) is 20.4 Å². The molecule has 1 N–H and O–H groups in total. The fraction of sp³-hybridized carbons (Fsp3) is 0.212. The number of hydrogen-bond acceptors (Lipinski definition) is 1. The minimum Gasteiger partial charge on any atom is -0.378 e. The Morgan fingerprint density at radius 1 is 0.917 bits per heavy atom. The van der Waals surface area contributed by atoms with E-state index in [1.165, 1.54) is 44.8 Å². The molecule has 0 spiro atoms. The first-order chi connectivity index (χ1) is 17.5. The van der Waals surface area contributed by atoms with Crippen LogP contribution in [0.25, 0.3) is 23.4 Å². The number of benzene rings is 2. The Hall–Kier alpha value is -3.98. The lowest BCUT2D eigenvalue weighted by Crippen LogP contribution is -2.28. The van der Waals surface area contributed by atoms with Gasteiger partial charge in [-0.3, -0.25) is 0 Å². The average Bonchev–Trinajstić information content (AvgIpc) is 2.90. The lowest BCUT2D eigenvalue weighted by molar-refractivity contribution is -0.497. The Morgan fingerprint density at radius 2 is 1.67 bits per heavy atom. The van der Waals surface area contributed by atoms with E-state index in [0.29, 0.717) is 0 Å². The van der Waals surface area contributed by atoms with Gasteiger partial charge in [0.25, 0.3) is 0 Å². The zero-order valence-corrected chi connectivity index (χ0v) is 22.0. The minimum atomic E-state index is 0.980. The van der Waals surface area contributed by atoms with Crippen molar-refractivity contribution in [1.29, 1.82) is 0 Å². The second kappa shape index (κ2) is 11.6. The monoisotopic (exact) mass is 475 g/mol. The quantitative estimate of drug-likeness (QED) is 0.278. The Morgan fingerprint density at radius 3 is 2.36 bits per heavy atom. The molecule has 1 aliphatic heterocycles. The van der Waals surface area contributed by atoms with Crippen LogP contribution in [0.4, 0.5) is 5.69 Å². The van der Waals surface area contributed by atoms with E-state index in [1.54, 1.807) is 0 Å². The first-order valence-corrected chi connectivity index (χ1v) is 12.7. The van der Waals surface area contributed by atoms with Crippen molar-refractivity contribution < 1.29 is 9.56 Å². The Labute approximate surface area is 216 Å². The third kappa shape index (κ3) is 5.63. The normalized spacial score (nSPS) is 13.7. The molecule has 36 heavy (non-hydrogen) atoms. The van der Waals surface area contributed by atoms with E-state index in [4.69, 9.17) is 0 Å². The predicted octanol–water partition coefficient (Wildman–Crippen LogP) is 6.25. The van der Waals surface area contributed by atoms with Gasteiger partial charge in [0.1, 0.15) is 13.6 Å². The fourth-order valence-electron chi connectivity index (χ4n) is 4.71. The second-order valence-corrected chi connectivity index (χ2v) is 9.38. The molecule has 182 valence electrons. The van der Waals surface area contributed by atoms with Gasteiger partial charge in [0.15, 0.2) is 6.20 Å². The number of H-pyrrole nitrogens is 1. The third-order valence-corrected chi connectivity index (χ3v) is 6.73. The number of anilines is 1. The zero-order valence-electron chi connectivity index (χ0n) is 22.0. The van der Waals surface area contributed by atoms with Crippen molar-refractivity contribution in [1.82, 2.24) is 0 Å². The van der Waals surface area contributed by atoms with Gasteiger partial charge < -0.3 is 4.90 Å². The molecule has 4 rings (SSSR count). The molecule has 0 aliphatic carbocycles. The Bertz CT molecular complexity index is 1350. The number of likely N-dealkylation sites (N-methyl/N-ethyl adjacent to an activating group) is 1. The minimum absolute atomic E-state index is 0.980. The highest BCUT2D eigenvalue weighted by molar-refractivity contribution is 6.11. The molecule has 0 amide bonds. The van der Waals surface area contributed by atoms with Crippen LogP contribution in [0.3, 0.4) is 0 Å². The smallest absolute Gasteiger partial charge is 0.212 e. The molecule has 0 fully saturated rings. The van der Waals surface area contributed by atoms with Crippen LogP contribution in [0.2, 0.25) is 0 Å². The number of nitrogens with zero attached hydrogens (tertiary/aromatic N) is 2. The maximum atomic E-state index is 3.88. The van der Waals surface area contributed by atoms with E-state index >= 15 is 0 Å². The first-order valence-electron chi connectivity index (χ1n) is 12.7. The molecular formula is C33H37N3+2. The molecule has 3 heteroatoms. The lowest BCUT2D eigenvalue weighted by atomic mass is 9.86. The SMILES string of the molecule is C=C/C=C\C1=[N+](C)CCc2ccc(CC)c(-c3cc(/C=C/C=C/c4ccc(N(C)C)cc4)cc[nH+]3)c21. The highest BCUT2D eigenvalue weighted by Crippen LogP contribution is 2.32. The van der Waals surface area contributed by atoms with Gasteiger partial charge in [-0.15, -0.1) is 0 Å². The van der Waals surface area contributed by atoms with Crippen LogP contribution in [0.15, 0.2) is 91.7 Å². The number of aromatic amines is 1. The van der Waals surface area contributed by atoms with E-state index in [-0.39, 0.29) is 0 Å². The van der Waals surface area contributed by atoms with E-state index in [0.717, 1.165) is 25.1 Å². The van der Waals surface area contributed by atoms with Crippen molar-refractivity contribution in [3.05, 3.63) is 120 Å². The van der Waals surface area contributed by atoms with Crippen molar-refractivity contribution in [3.8, 4) is 11.3 Å². The molecule has 0 atom stereocenters. The number of aryl methyl sites for hydroxylation is 1. The van der Waals surface area contributed by atoms with Crippen molar-refractivity contribution in [2.24, 2.45) is 0 Å². The maximum Gasteiger partial charge on any atom is 0.212 e. The number of nitrogens with one attached hydrogen (secondary N) is 1. The summed E-state index contributed by atoms with van der Waals surface area (Å²) in [6, 6.07) is 17.6. The van der Waals surface area contributed by atoms with Gasteiger partial charge in [-0.25, -0.2) is 9.56 Å². The van der Waals surface area contributed by atoms with Gasteiger partial charge in [-0.1, -0.05) is 74.2 Å². The third-order valence-electron chi connectivity index (χ3n) is 6.73. The van der Waals surface area contributed by atoms with Crippen molar-refractivity contribution >= 4 is 23.6 Å². The van der Waals surface area contributed by atoms with Crippen LogP contribution in [-0.4, -0.2) is 38.0 Å². The number of allylic oxidation sites excluding steroid dienone is 5. The van der Waals surface area contributed by atoms with Gasteiger partial charge in [-0.05, 0) is 40.8 Å². The molecule has 2 heterocycles. The molecule has 0 unspecified atom stereocenters. The largest absolute Gasteiger partial charge is 0.378 e. The summed E-state index contributed by atoms with van der Waals surface area (Å²) in [5.41, 5.74) is 11.4. The summed E-state index contributed by atoms with van der Waals surface area (Å²) >= 11 is 0. The van der Waals surface area contributed by atoms with Gasteiger partial charge in [0.05, 0.1) is 11.1 Å². The molecule has 0 radical (unpaired) electrons. The van der Waals surface area contributed by atoms with Crippen LogP contribution in [-0.2, 0) is 12.8 Å². The predicted molar refractivity (Wildman–Crippen MR) is 155 cm³/mol. The van der Waals surface area contributed by atoms with Crippen LogP contribution < -0.4 is 9.88 Å². The number of fused-ring (bicyclic) bond motifs is 1. The molecule has 0 bridgehead atoms. The maximum absolute atomic E-state index is 3.88. The highest BCUT2D eigenvalue weighted by atomic mass is 15.1. The average molecular weight is 476 g/mol. The summed E-state index contributed by atoms with van der Waals surface area (Å²) in [6.45, 7) is 7.13. The Kier molecular flexibility index (Phi) is 8.12. The molecule has 3 aromatic rings. The van der Waals surface area contributed by atoms with Crippen LogP contribution in [0, 0.1) is 0 Å². The summed E-state index contributed by atoms with van der Waals surface area (Å²) in [7, 11) is 6.29. The van der Waals surface area contributed by atoms with E-state index < -0.39 is 0 Å². The van der Waals surface area contributed by atoms with Crippen LogP contribution >= 0.6 is 0 Å². The molecule has 0 saturated carbocycles. The fourth-order valence-corrected chi connectivity index (χ4v) is 4.71. The molecule has 1 aromatic heterocycles. The van der Waals surface area contributed by atoms with E-state index in [9.17, 15) is 0 Å². The molecule has 1 aliphatic rings. The summed E-state index contributed by atoms with van der Waals surface area (Å²) in [6.07, 6.45) is 18.7. The summed E-state index contributed by atoms with van der Waals surface area (Å²) < 4.78 is 2.35. The number of pyridine rings is 1.